The van der Waals surface area contributed by atoms with Crippen molar-refractivity contribution in [2.75, 3.05) is 6.61 Å². The maximum atomic E-state index is 11.8. The Labute approximate surface area is 113 Å². The lowest BCUT2D eigenvalue weighted by Gasteiger charge is -2.25. The molecular weight excluding hydrogens is 244 g/mol. The fraction of sp³-hybridized carbons (Fsp3) is 0.333. The molecule has 0 bridgehead atoms. The number of esters is 2. The van der Waals surface area contributed by atoms with Gasteiger partial charge in [-0.3, -0.25) is 0 Å². The van der Waals surface area contributed by atoms with Crippen LogP contribution in [0.1, 0.15) is 26.3 Å². The molecule has 0 atom stereocenters. The third-order valence-electron chi connectivity index (χ3n) is 2.59. The lowest BCUT2D eigenvalue weighted by atomic mass is 9.98. The zero-order valence-corrected chi connectivity index (χ0v) is 11.4. The van der Waals surface area contributed by atoms with Crippen LogP contribution in [0.25, 0.3) is 0 Å². The average Bonchev–Trinajstić information content (AvgIpc) is 2.38. The lowest BCUT2D eigenvalue weighted by molar-refractivity contribution is -0.156. The van der Waals surface area contributed by atoms with Crippen molar-refractivity contribution >= 4 is 11.9 Å². The van der Waals surface area contributed by atoms with E-state index in [-0.39, 0.29) is 12.2 Å². The molecule has 1 aromatic rings. The number of benzene rings is 1. The van der Waals surface area contributed by atoms with Crippen LogP contribution < -0.4 is 0 Å². The van der Waals surface area contributed by atoms with E-state index in [2.05, 4.69) is 6.58 Å². The number of hydrogen-bond donors (Lipinski definition) is 0. The molecule has 1 rings (SSSR count). The van der Waals surface area contributed by atoms with E-state index in [4.69, 9.17) is 9.47 Å². The Hall–Kier alpha value is -2.10. The number of rotatable bonds is 5. The number of carbonyl (C=O) groups is 2. The quantitative estimate of drug-likeness (QED) is 0.354. The molecule has 0 fully saturated rings. The first kappa shape index (κ1) is 15.0. The summed E-state index contributed by atoms with van der Waals surface area (Å²) in [5.74, 6) is -1.52. The molecule has 0 radical (unpaired) electrons. The Kier molecular flexibility index (Phi) is 4.87. The molecule has 0 aliphatic rings. The molecule has 0 unspecified atom stereocenters. The molecule has 0 aliphatic carbocycles. The van der Waals surface area contributed by atoms with Crippen molar-refractivity contribution in [1.29, 1.82) is 0 Å². The van der Waals surface area contributed by atoms with Crippen LogP contribution in [0.4, 0.5) is 0 Å². The predicted octanol–water partition coefficient (Wildman–Crippen LogP) is 2.58. The van der Waals surface area contributed by atoms with Crippen LogP contribution in [-0.2, 0) is 24.7 Å². The molecule has 4 heteroatoms. The number of carbonyl (C=O) groups excluding carboxylic acids is 2. The minimum atomic E-state index is -0.840. The molecule has 0 heterocycles. The maximum absolute atomic E-state index is 11.8. The summed E-state index contributed by atoms with van der Waals surface area (Å²) in [7, 11) is 0. The molecular formula is C15H18O4. The zero-order valence-electron chi connectivity index (χ0n) is 11.4. The van der Waals surface area contributed by atoms with E-state index in [0.717, 1.165) is 5.56 Å². The second kappa shape index (κ2) is 6.18. The fourth-order valence-corrected chi connectivity index (χ4v) is 1.49. The van der Waals surface area contributed by atoms with Crippen LogP contribution in [0.5, 0.6) is 0 Å². The Balaban J connectivity index is 2.76. The minimum Gasteiger partial charge on any atom is -0.462 e. The first-order valence-electron chi connectivity index (χ1n) is 6.03. The molecule has 0 spiro atoms. The number of hydrogen-bond acceptors (Lipinski definition) is 4. The summed E-state index contributed by atoms with van der Waals surface area (Å²) in [6, 6.07) is 9.27. The van der Waals surface area contributed by atoms with Gasteiger partial charge in [-0.1, -0.05) is 36.9 Å². The smallest absolute Gasteiger partial charge is 0.345 e. The van der Waals surface area contributed by atoms with Crippen molar-refractivity contribution in [1.82, 2.24) is 0 Å². The van der Waals surface area contributed by atoms with E-state index in [1.165, 1.54) is 0 Å². The fourth-order valence-electron chi connectivity index (χ4n) is 1.49. The molecule has 0 N–H and O–H groups in total. The summed E-state index contributed by atoms with van der Waals surface area (Å²) in [6.45, 7) is 8.74. The van der Waals surface area contributed by atoms with E-state index in [9.17, 15) is 9.59 Å². The molecule has 0 amide bonds. The van der Waals surface area contributed by atoms with Gasteiger partial charge in [-0.05, 0) is 26.3 Å². The largest absolute Gasteiger partial charge is 0.462 e. The van der Waals surface area contributed by atoms with Crippen LogP contribution in [0.2, 0.25) is 0 Å². The molecule has 0 aliphatic heterocycles. The van der Waals surface area contributed by atoms with Gasteiger partial charge in [0.2, 0.25) is 0 Å². The average molecular weight is 262 g/mol. The Morgan fingerprint density at radius 2 is 1.74 bits per heavy atom. The molecule has 102 valence electrons. The summed E-state index contributed by atoms with van der Waals surface area (Å²) in [5.41, 5.74) is -0.306. The summed E-state index contributed by atoms with van der Waals surface area (Å²) in [5, 5.41) is 0. The molecule has 19 heavy (non-hydrogen) atoms. The van der Waals surface area contributed by atoms with Gasteiger partial charge in [0, 0.05) is 0 Å². The Morgan fingerprint density at radius 3 is 2.26 bits per heavy atom. The van der Waals surface area contributed by atoms with E-state index >= 15 is 0 Å². The van der Waals surface area contributed by atoms with Gasteiger partial charge in [0.25, 0.3) is 0 Å². The third-order valence-corrected chi connectivity index (χ3v) is 2.59. The van der Waals surface area contributed by atoms with Gasteiger partial charge in [-0.15, -0.1) is 0 Å². The van der Waals surface area contributed by atoms with Crippen LogP contribution >= 0.6 is 0 Å². The monoisotopic (exact) mass is 262 g/mol. The van der Waals surface area contributed by atoms with Gasteiger partial charge >= 0.3 is 11.9 Å². The van der Waals surface area contributed by atoms with Gasteiger partial charge in [-0.2, -0.15) is 0 Å². The molecule has 1 aromatic carbocycles. The Morgan fingerprint density at radius 1 is 1.16 bits per heavy atom. The van der Waals surface area contributed by atoms with Crippen LogP contribution in [0.3, 0.4) is 0 Å². The van der Waals surface area contributed by atoms with E-state index in [0.29, 0.717) is 0 Å². The highest BCUT2D eigenvalue weighted by Crippen LogP contribution is 2.25. The minimum absolute atomic E-state index is 0.188. The second-order valence-corrected chi connectivity index (χ2v) is 4.46. The standard InChI is InChI=1S/C15H18O4/c1-5-18-13(16)11(2)14(17)19-15(3,4)12-9-7-6-8-10-12/h6-10H,2,5H2,1,3-4H3. The molecule has 4 nitrogen and oxygen atoms in total. The second-order valence-electron chi connectivity index (χ2n) is 4.46. The third kappa shape index (κ3) is 3.95. The SMILES string of the molecule is C=C(C(=O)OCC)C(=O)OC(C)(C)c1ccccc1. The van der Waals surface area contributed by atoms with Gasteiger partial charge in [0.15, 0.2) is 0 Å². The molecule has 0 saturated carbocycles. The normalized spacial score (nSPS) is 10.7. The van der Waals surface area contributed by atoms with Crippen molar-refractivity contribution < 1.29 is 19.1 Å². The van der Waals surface area contributed by atoms with Crippen molar-refractivity contribution in [3.05, 3.63) is 48.0 Å². The predicted molar refractivity (Wildman–Crippen MR) is 71.3 cm³/mol. The number of ether oxygens (including phenoxy) is 2. The topological polar surface area (TPSA) is 52.6 Å². The summed E-state index contributed by atoms with van der Waals surface area (Å²) < 4.78 is 10.0. The van der Waals surface area contributed by atoms with Crippen molar-refractivity contribution in [2.45, 2.75) is 26.4 Å². The van der Waals surface area contributed by atoms with Gasteiger partial charge in [0.1, 0.15) is 11.2 Å². The van der Waals surface area contributed by atoms with Crippen LogP contribution in [0.15, 0.2) is 42.5 Å². The molecule has 0 saturated heterocycles. The van der Waals surface area contributed by atoms with Crippen molar-refractivity contribution in [3.63, 3.8) is 0 Å². The maximum Gasteiger partial charge on any atom is 0.345 e. The van der Waals surface area contributed by atoms with Gasteiger partial charge in [0.05, 0.1) is 6.61 Å². The van der Waals surface area contributed by atoms with Crippen molar-refractivity contribution in [3.8, 4) is 0 Å². The van der Waals surface area contributed by atoms with E-state index in [1.54, 1.807) is 20.8 Å². The first-order chi connectivity index (χ1) is 8.88. The van der Waals surface area contributed by atoms with Crippen LogP contribution in [-0.4, -0.2) is 18.5 Å². The van der Waals surface area contributed by atoms with Gasteiger partial charge in [-0.25, -0.2) is 9.59 Å². The van der Waals surface area contributed by atoms with E-state index in [1.807, 2.05) is 30.3 Å². The Bertz CT molecular complexity index is 474. The van der Waals surface area contributed by atoms with E-state index < -0.39 is 17.5 Å². The lowest BCUT2D eigenvalue weighted by Crippen LogP contribution is -2.28. The highest BCUT2D eigenvalue weighted by molar-refractivity contribution is 6.13. The summed E-state index contributed by atoms with van der Waals surface area (Å²) in [6.07, 6.45) is 0. The summed E-state index contributed by atoms with van der Waals surface area (Å²) >= 11 is 0. The van der Waals surface area contributed by atoms with Gasteiger partial charge < -0.3 is 9.47 Å². The summed E-state index contributed by atoms with van der Waals surface area (Å²) in [4.78, 5) is 23.2. The first-order valence-corrected chi connectivity index (χ1v) is 6.03. The highest BCUT2D eigenvalue weighted by atomic mass is 16.6. The highest BCUT2D eigenvalue weighted by Gasteiger charge is 2.28. The zero-order chi connectivity index (χ0) is 14.5. The van der Waals surface area contributed by atoms with Crippen molar-refractivity contribution in [2.24, 2.45) is 0 Å². The molecule has 0 aromatic heterocycles. The van der Waals surface area contributed by atoms with Crippen LogP contribution in [0, 0.1) is 0 Å².